The first-order valence-electron chi connectivity index (χ1n) is 8.05. The third-order valence-electron chi connectivity index (χ3n) is 4.13. The van der Waals surface area contributed by atoms with Gasteiger partial charge in [-0.3, -0.25) is 9.36 Å². The Hall–Kier alpha value is -3.20. The molecule has 3 aromatic heterocycles. The number of hydrogen-bond donors (Lipinski definition) is 0. The third-order valence-corrected chi connectivity index (χ3v) is 4.13. The molecule has 0 radical (unpaired) electrons. The molecule has 0 saturated heterocycles. The van der Waals surface area contributed by atoms with Gasteiger partial charge in [0.1, 0.15) is 12.1 Å². The van der Waals surface area contributed by atoms with Gasteiger partial charge in [-0.2, -0.15) is 9.61 Å². The average molecular weight is 353 g/mol. The number of nitrogens with zero attached hydrogens (tertiary/aromatic N) is 7. The normalized spacial score (nSPS) is 11.7. The molecule has 9 heteroatoms. The molecule has 4 rings (SSSR count). The van der Waals surface area contributed by atoms with Crippen molar-refractivity contribution in [1.29, 1.82) is 0 Å². The summed E-state index contributed by atoms with van der Waals surface area (Å²) in [5.41, 5.74) is 2.15. The van der Waals surface area contributed by atoms with Crippen molar-refractivity contribution >= 4 is 16.8 Å². The van der Waals surface area contributed by atoms with Crippen molar-refractivity contribution in [1.82, 2.24) is 34.3 Å². The first kappa shape index (κ1) is 16.3. The van der Waals surface area contributed by atoms with Crippen LogP contribution < -0.4 is 5.56 Å². The van der Waals surface area contributed by atoms with Gasteiger partial charge in [-0.05, 0) is 31.8 Å². The second-order valence-corrected chi connectivity index (χ2v) is 6.22. The predicted molar refractivity (Wildman–Crippen MR) is 94.3 cm³/mol. The van der Waals surface area contributed by atoms with Gasteiger partial charge in [0, 0.05) is 18.7 Å². The summed E-state index contributed by atoms with van der Waals surface area (Å²) >= 11 is 0. The largest absolute Gasteiger partial charge is 0.308 e. The number of rotatable bonds is 4. The van der Waals surface area contributed by atoms with E-state index in [1.54, 1.807) is 18.3 Å². The number of likely N-dealkylation sites (N-methyl/N-ethyl adjacent to an activating group) is 1. The summed E-state index contributed by atoms with van der Waals surface area (Å²) in [6.45, 7) is 1.22. The van der Waals surface area contributed by atoms with E-state index in [4.69, 9.17) is 0 Å². The highest BCUT2D eigenvalue weighted by molar-refractivity contribution is 5.80. The van der Waals surface area contributed by atoms with Crippen molar-refractivity contribution in [2.24, 2.45) is 0 Å². The summed E-state index contributed by atoms with van der Waals surface area (Å²) < 4.78 is 16.1. The lowest BCUT2D eigenvalue weighted by molar-refractivity contribution is 0.380. The minimum atomic E-state index is -0.318. The summed E-state index contributed by atoms with van der Waals surface area (Å²) in [6.07, 6.45) is 3.10. The van der Waals surface area contributed by atoms with Crippen molar-refractivity contribution in [3.63, 3.8) is 0 Å². The molecular formula is C17H16FN7O. The fraction of sp³-hybridized carbons (Fsp3) is 0.235. The Bertz CT molecular complexity index is 1150. The molecule has 0 aliphatic rings. The molecule has 0 aliphatic carbocycles. The molecule has 132 valence electrons. The molecule has 8 nitrogen and oxygen atoms in total. The predicted octanol–water partition coefficient (Wildman–Crippen LogP) is 1.20. The van der Waals surface area contributed by atoms with Gasteiger partial charge in [-0.25, -0.2) is 9.37 Å². The second kappa shape index (κ2) is 6.26. The van der Waals surface area contributed by atoms with Crippen LogP contribution in [-0.4, -0.2) is 54.9 Å². The summed E-state index contributed by atoms with van der Waals surface area (Å²) in [6, 6.07) is 6.03. The van der Waals surface area contributed by atoms with Gasteiger partial charge in [-0.1, -0.05) is 12.1 Å². The summed E-state index contributed by atoms with van der Waals surface area (Å²) in [7, 11) is 3.87. The van der Waals surface area contributed by atoms with Crippen LogP contribution in [0.4, 0.5) is 4.39 Å². The number of hydrogen-bond acceptors (Lipinski definition) is 6. The maximum Gasteiger partial charge on any atom is 0.283 e. The van der Waals surface area contributed by atoms with Gasteiger partial charge in [0.05, 0.1) is 6.20 Å². The SMILES string of the molecule is CN(C)CCn1cnc2c(nnc3c(-c4ccc(F)cc4)cnn32)c1=O. The van der Waals surface area contributed by atoms with Crippen LogP contribution in [0.3, 0.4) is 0 Å². The third kappa shape index (κ3) is 2.72. The Balaban J connectivity index is 1.85. The number of fused-ring (bicyclic) bond motifs is 3. The van der Waals surface area contributed by atoms with Gasteiger partial charge in [0.15, 0.2) is 16.8 Å². The summed E-state index contributed by atoms with van der Waals surface area (Å²) in [5.74, 6) is -0.318. The van der Waals surface area contributed by atoms with E-state index in [0.717, 1.165) is 5.56 Å². The quantitative estimate of drug-likeness (QED) is 0.548. The van der Waals surface area contributed by atoms with E-state index in [9.17, 15) is 9.18 Å². The molecule has 0 bridgehead atoms. The highest BCUT2D eigenvalue weighted by Crippen LogP contribution is 2.24. The molecule has 0 saturated carbocycles. The molecule has 0 aliphatic heterocycles. The van der Waals surface area contributed by atoms with Crippen LogP contribution in [0, 0.1) is 5.82 Å². The van der Waals surface area contributed by atoms with E-state index in [2.05, 4.69) is 20.3 Å². The Morgan fingerprint density at radius 2 is 1.88 bits per heavy atom. The molecule has 0 unspecified atom stereocenters. The molecular weight excluding hydrogens is 337 g/mol. The zero-order valence-corrected chi connectivity index (χ0v) is 14.3. The molecule has 3 heterocycles. The van der Waals surface area contributed by atoms with Crippen LogP contribution in [0.15, 0.2) is 41.6 Å². The number of aromatic nitrogens is 6. The highest BCUT2D eigenvalue weighted by Gasteiger charge is 2.15. The zero-order chi connectivity index (χ0) is 18.3. The van der Waals surface area contributed by atoms with E-state index in [1.165, 1.54) is 27.5 Å². The molecule has 4 aromatic rings. The van der Waals surface area contributed by atoms with Gasteiger partial charge < -0.3 is 4.90 Å². The van der Waals surface area contributed by atoms with Crippen molar-refractivity contribution in [3.8, 4) is 11.1 Å². The second-order valence-electron chi connectivity index (χ2n) is 6.22. The standard InChI is InChI=1S/C17H16FN7O/c1-23(2)7-8-24-10-19-16-14(17(24)26)21-22-15-13(9-20-25(15)16)11-3-5-12(18)6-4-11/h3-6,9-10H,7-8H2,1-2H3. The fourth-order valence-electron chi connectivity index (χ4n) is 2.70. The fourth-order valence-corrected chi connectivity index (χ4v) is 2.70. The molecule has 0 atom stereocenters. The molecule has 1 aromatic carbocycles. The van der Waals surface area contributed by atoms with E-state index in [1.807, 2.05) is 19.0 Å². The Labute approximate surface area is 147 Å². The molecule has 0 spiro atoms. The van der Waals surface area contributed by atoms with E-state index in [-0.39, 0.29) is 16.9 Å². The van der Waals surface area contributed by atoms with E-state index < -0.39 is 0 Å². The minimum Gasteiger partial charge on any atom is -0.308 e. The molecule has 0 N–H and O–H groups in total. The van der Waals surface area contributed by atoms with Crippen LogP contribution in [-0.2, 0) is 6.54 Å². The van der Waals surface area contributed by atoms with Gasteiger partial charge in [0.25, 0.3) is 5.56 Å². The van der Waals surface area contributed by atoms with Gasteiger partial charge in [-0.15, -0.1) is 10.2 Å². The van der Waals surface area contributed by atoms with Gasteiger partial charge >= 0.3 is 0 Å². The highest BCUT2D eigenvalue weighted by atomic mass is 19.1. The first-order chi connectivity index (χ1) is 12.5. The number of benzene rings is 1. The van der Waals surface area contributed by atoms with Crippen LogP contribution in [0.1, 0.15) is 0 Å². The Morgan fingerprint density at radius 3 is 2.62 bits per heavy atom. The zero-order valence-electron chi connectivity index (χ0n) is 14.3. The van der Waals surface area contributed by atoms with E-state index in [0.29, 0.717) is 29.9 Å². The molecule has 0 amide bonds. The summed E-state index contributed by atoms with van der Waals surface area (Å²) in [4.78, 5) is 18.9. The lowest BCUT2D eigenvalue weighted by Gasteiger charge is -2.11. The monoisotopic (exact) mass is 353 g/mol. The van der Waals surface area contributed by atoms with E-state index >= 15 is 0 Å². The number of halogens is 1. The molecule has 26 heavy (non-hydrogen) atoms. The Kier molecular flexibility index (Phi) is 3.92. The maximum absolute atomic E-state index is 13.1. The van der Waals surface area contributed by atoms with Crippen molar-refractivity contribution < 1.29 is 4.39 Å². The smallest absolute Gasteiger partial charge is 0.283 e. The lowest BCUT2D eigenvalue weighted by atomic mass is 10.1. The molecule has 0 fully saturated rings. The van der Waals surface area contributed by atoms with Crippen LogP contribution in [0.25, 0.3) is 27.9 Å². The van der Waals surface area contributed by atoms with Gasteiger partial charge in [0.2, 0.25) is 0 Å². The first-order valence-corrected chi connectivity index (χ1v) is 8.05. The minimum absolute atomic E-state index is 0.160. The average Bonchev–Trinajstić information content (AvgIpc) is 3.06. The maximum atomic E-state index is 13.1. The van der Waals surface area contributed by atoms with Crippen LogP contribution in [0.2, 0.25) is 0 Å². The Morgan fingerprint density at radius 1 is 1.12 bits per heavy atom. The van der Waals surface area contributed by atoms with Crippen molar-refractivity contribution in [2.45, 2.75) is 6.54 Å². The van der Waals surface area contributed by atoms with Crippen molar-refractivity contribution in [3.05, 3.63) is 53.0 Å². The van der Waals surface area contributed by atoms with Crippen LogP contribution in [0.5, 0.6) is 0 Å². The summed E-state index contributed by atoms with van der Waals surface area (Å²) in [5, 5.41) is 12.5. The van der Waals surface area contributed by atoms with Crippen molar-refractivity contribution in [2.75, 3.05) is 20.6 Å². The lowest BCUT2D eigenvalue weighted by Crippen LogP contribution is -2.28. The van der Waals surface area contributed by atoms with Crippen LogP contribution >= 0.6 is 0 Å². The topological polar surface area (TPSA) is 81.2 Å².